The molecule has 2 heterocycles. The van der Waals surface area contributed by atoms with Crippen LogP contribution in [0.4, 0.5) is 0 Å². The maximum atomic E-state index is 4.69. The van der Waals surface area contributed by atoms with Crippen molar-refractivity contribution in [2.24, 2.45) is 0 Å². The molecule has 0 aliphatic rings. The number of aromatic nitrogens is 3. The first kappa shape index (κ1) is 18.6. The minimum atomic E-state index is 0.872. The Morgan fingerprint density at radius 2 is 1.60 bits per heavy atom. The Labute approximate surface area is 180 Å². The number of thioether (sulfide) groups is 1. The fraction of sp³-hybridized carbons (Fsp3) is 0.0769. The lowest BCUT2D eigenvalue weighted by molar-refractivity contribution is 1.04. The first-order valence-corrected chi connectivity index (χ1v) is 10.9. The van der Waals surface area contributed by atoms with Crippen LogP contribution in [0.25, 0.3) is 27.8 Å². The Hall–Kier alpha value is -3.37. The van der Waals surface area contributed by atoms with Gasteiger partial charge in [0.15, 0.2) is 0 Å². The van der Waals surface area contributed by atoms with Crippen molar-refractivity contribution in [1.82, 2.24) is 14.5 Å². The lowest BCUT2D eigenvalue weighted by Gasteiger charge is -2.07. The zero-order valence-corrected chi connectivity index (χ0v) is 17.5. The fourth-order valence-electron chi connectivity index (χ4n) is 3.68. The summed E-state index contributed by atoms with van der Waals surface area (Å²) in [7, 11) is 0. The number of benzene rings is 3. The molecule has 0 saturated carbocycles. The molecule has 30 heavy (non-hydrogen) atoms. The third kappa shape index (κ3) is 3.62. The topological polar surface area (TPSA) is 30.7 Å². The first-order valence-electron chi connectivity index (χ1n) is 9.95. The van der Waals surface area contributed by atoms with E-state index in [1.165, 1.54) is 16.7 Å². The van der Waals surface area contributed by atoms with Crippen molar-refractivity contribution < 1.29 is 0 Å². The van der Waals surface area contributed by atoms with E-state index in [9.17, 15) is 0 Å². The normalized spacial score (nSPS) is 11.1. The van der Waals surface area contributed by atoms with Gasteiger partial charge in [0.05, 0.1) is 5.39 Å². The van der Waals surface area contributed by atoms with Crippen molar-refractivity contribution in [3.05, 3.63) is 109 Å². The number of rotatable bonds is 5. The van der Waals surface area contributed by atoms with Crippen LogP contribution in [0.2, 0.25) is 0 Å². The summed E-state index contributed by atoms with van der Waals surface area (Å²) in [6, 6.07) is 29.5. The van der Waals surface area contributed by atoms with E-state index in [1.54, 1.807) is 18.1 Å². The maximum absolute atomic E-state index is 4.69. The van der Waals surface area contributed by atoms with Crippen LogP contribution in [0.15, 0.2) is 102 Å². The number of nitrogens with zero attached hydrogens (tertiary/aromatic N) is 3. The molecule has 0 fully saturated rings. The van der Waals surface area contributed by atoms with Crippen molar-refractivity contribution in [2.45, 2.75) is 17.7 Å². The Morgan fingerprint density at radius 3 is 2.37 bits per heavy atom. The molecule has 0 spiro atoms. The summed E-state index contributed by atoms with van der Waals surface area (Å²) in [6.07, 6.45) is 3.87. The van der Waals surface area contributed by atoms with Crippen LogP contribution >= 0.6 is 11.8 Å². The zero-order valence-electron chi connectivity index (χ0n) is 16.7. The van der Waals surface area contributed by atoms with E-state index in [1.807, 2.05) is 12.1 Å². The van der Waals surface area contributed by atoms with Gasteiger partial charge >= 0.3 is 0 Å². The smallest absolute Gasteiger partial charge is 0.149 e. The molecule has 0 unspecified atom stereocenters. The van der Waals surface area contributed by atoms with Gasteiger partial charge in [0.25, 0.3) is 0 Å². The molecule has 0 amide bonds. The summed E-state index contributed by atoms with van der Waals surface area (Å²) in [4.78, 5) is 9.36. The minimum Gasteiger partial charge on any atom is -0.301 e. The van der Waals surface area contributed by atoms with Gasteiger partial charge in [-0.25, -0.2) is 9.97 Å². The number of hydrogen-bond donors (Lipinski definition) is 0. The molecule has 146 valence electrons. The summed E-state index contributed by atoms with van der Waals surface area (Å²) in [5.74, 6) is 0.872. The molecule has 0 saturated heterocycles. The van der Waals surface area contributed by atoms with Crippen LogP contribution in [0.1, 0.15) is 11.1 Å². The first-order chi connectivity index (χ1) is 14.8. The highest BCUT2D eigenvalue weighted by Gasteiger charge is 2.17. The van der Waals surface area contributed by atoms with Gasteiger partial charge in [0, 0.05) is 23.2 Å². The van der Waals surface area contributed by atoms with E-state index in [0.29, 0.717) is 0 Å². The molecule has 0 aliphatic carbocycles. The maximum Gasteiger partial charge on any atom is 0.149 e. The highest BCUT2D eigenvalue weighted by molar-refractivity contribution is 7.98. The van der Waals surface area contributed by atoms with Crippen LogP contribution in [-0.2, 0) is 5.75 Å². The van der Waals surface area contributed by atoms with Crippen LogP contribution < -0.4 is 0 Å². The molecule has 0 bridgehead atoms. The van der Waals surface area contributed by atoms with E-state index < -0.39 is 0 Å². The summed E-state index contributed by atoms with van der Waals surface area (Å²) in [5, 5.41) is 2.11. The lowest BCUT2D eigenvalue weighted by Crippen LogP contribution is -1.95. The monoisotopic (exact) mass is 407 g/mol. The Bertz CT molecular complexity index is 1290. The van der Waals surface area contributed by atoms with Gasteiger partial charge in [-0.2, -0.15) is 0 Å². The summed E-state index contributed by atoms with van der Waals surface area (Å²) < 4.78 is 2.18. The lowest BCUT2D eigenvalue weighted by atomic mass is 10.1. The molecule has 0 aliphatic heterocycles. The summed E-state index contributed by atoms with van der Waals surface area (Å²) in [6.45, 7) is 2.11. The van der Waals surface area contributed by atoms with Crippen molar-refractivity contribution in [2.75, 3.05) is 0 Å². The molecule has 5 rings (SSSR count). The van der Waals surface area contributed by atoms with Gasteiger partial charge < -0.3 is 4.57 Å². The molecule has 3 aromatic carbocycles. The highest BCUT2D eigenvalue weighted by atomic mass is 32.2. The summed E-state index contributed by atoms with van der Waals surface area (Å²) in [5.41, 5.74) is 6.88. The van der Waals surface area contributed by atoms with E-state index in [-0.39, 0.29) is 0 Å². The number of fused-ring (bicyclic) bond motifs is 1. The molecule has 5 aromatic rings. The van der Waals surface area contributed by atoms with Gasteiger partial charge in [-0.05, 0) is 35.7 Å². The van der Waals surface area contributed by atoms with Gasteiger partial charge in [-0.1, -0.05) is 72.8 Å². The zero-order chi connectivity index (χ0) is 20.3. The highest BCUT2D eigenvalue weighted by Crippen LogP contribution is 2.37. The molecule has 0 atom stereocenters. The fourth-order valence-corrected chi connectivity index (χ4v) is 4.64. The second-order valence-electron chi connectivity index (χ2n) is 7.27. The predicted octanol–water partition coefficient (Wildman–Crippen LogP) is 6.69. The van der Waals surface area contributed by atoms with Gasteiger partial charge in [-0.3, -0.25) is 0 Å². The third-order valence-corrected chi connectivity index (χ3v) is 6.19. The van der Waals surface area contributed by atoms with Crippen molar-refractivity contribution in [3.63, 3.8) is 0 Å². The van der Waals surface area contributed by atoms with E-state index in [0.717, 1.165) is 33.1 Å². The molecule has 0 radical (unpaired) electrons. The third-order valence-electron chi connectivity index (χ3n) is 5.13. The number of aryl methyl sites for hydroxylation is 1. The van der Waals surface area contributed by atoms with Gasteiger partial charge in [0.1, 0.15) is 17.0 Å². The predicted molar refractivity (Wildman–Crippen MR) is 125 cm³/mol. The van der Waals surface area contributed by atoms with Crippen molar-refractivity contribution in [3.8, 4) is 16.8 Å². The summed E-state index contributed by atoms with van der Waals surface area (Å²) >= 11 is 1.76. The Morgan fingerprint density at radius 1 is 0.833 bits per heavy atom. The molecule has 4 heteroatoms. The van der Waals surface area contributed by atoms with E-state index >= 15 is 0 Å². The van der Waals surface area contributed by atoms with Crippen molar-refractivity contribution >= 4 is 22.8 Å². The second kappa shape index (κ2) is 8.17. The SMILES string of the molecule is Cc1cccc(-n2cc(-c3ccccc3)c3c(SCc4ccccc4)ncnc32)c1. The minimum absolute atomic E-state index is 0.872. The van der Waals surface area contributed by atoms with Crippen molar-refractivity contribution in [1.29, 1.82) is 0 Å². The Balaban J connectivity index is 1.68. The van der Waals surface area contributed by atoms with E-state index in [2.05, 4.69) is 100 Å². The average molecular weight is 408 g/mol. The second-order valence-corrected chi connectivity index (χ2v) is 8.23. The number of hydrogen-bond acceptors (Lipinski definition) is 3. The largest absolute Gasteiger partial charge is 0.301 e. The van der Waals surface area contributed by atoms with Crippen LogP contribution in [-0.4, -0.2) is 14.5 Å². The molecular formula is C26H21N3S. The molecular weight excluding hydrogens is 386 g/mol. The molecule has 0 N–H and O–H groups in total. The standard InChI is InChI=1S/C26H21N3S/c1-19-9-8-14-22(15-19)29-16-23(21-12-6-3-7-13-21)24-25(29)27-18-28-26(24)30-17-20-10-4-2-5-11-20/h2-16,18H,17H2,1H3. The van der Waals surface area contributed by atoms with E-state index in [4.69, 9.17) is 0 Å². The Kier molecular flexibility index (Phi) is 5.08. The molecule has 2 aromatic heterocycles. The quantitative estimate of drug-likeness (QED) is 0.240. The van der Waals surface area contributed by atoms with Gasteiger partial charge in [-0.15, -0.1) is 11.8 Å². The van der Waals surface area contributed by atoms with Gasteiger partial charge in [0.2, 0.25) is 0 Å². The molecule has 3 nitrogen and oxygen atoms in total. The van der Waals surface area contributed by atoms with Crippen LogP contribution in [0.3, 0.4) is 0 Å². The van der Waals surface area contributed by atoms with Crippen LogP contribution in [0.5, 0.6) is 0 Å². The van der Waals surface area contributed by atoms with Crippen LogP contribution in [0, 0.1) is 6.92 Å². The average Bonchev–Trinajstić information content (AvgIpc) is 3.19.